The van der Waals surface area contributed by atoms with Crippen molar-refractivity contribution in [1.82, 2.24) is 14.9 Å². The van der Waals surface area contributed by atoms with Crippen LogP contribution in [0.15, 0.2) is 30.3 Å². The molecular formula is C19H27N3O4S. The maximum atomic E-state index is 12.8. The van der Waals surface area contributed by atoms with Crippen LogP contribution in [-0.4, -0.2) is 55.0 Å². The standard InChI is InChI=1S/C19H27N3O4S/c1-13(17(26-2)16-9-6-10-22(16)12-23)18(24)20-15(19(25)21-27)11-14-7-4-3-5-8-14/h3-5,7-8,12-13,15-17,27H,6,9-11H2,1-2H3,(H,20,24)(H,21,25). The summed E-state index contributed by atoms with van der Waals surface area (Å²) in [6.45, 7) is 2.42. The minimum absolute atomic E-state index is 0.139. The van der Waals surface area contributed by atoms with Gasteiger partial charge in [0.05, 0.1) is 18.1 Å². The molecule has 1 aromatic carbocycles. The van der Waals surface area contributed by atoms with Crippen molar-refractivity contribution in [3.05, 3.63) is 35.9 Å². The summed E-state index contributed by atoms with van der Waals surface area (Å²) in [4.78, 5) is 37.9. The summed E-state index contributed by atoms with van der Waals surface area (Å²) in [5.41, 5.74) is 0.929. The van der Waals surface area contributed by atoms with E-state index < -0.39 is 18.1 Å². The highest BCUT2D eigenvalue weighted by Crippen LogP contribution is 2.25. The van der Waals surface area contributed by atoms with E-state index >= 15 is 0 Å². The van der Waals surface area contributed by atoms with Crippen LogP contribution >= 0.6 is 12.8 Å². The molecule has 3 amide bonds. The number of methoxy groups -OCH3 is 1. The zero-order chi connectivity index (χ0) is 19.8. The van der Waals surface area contributed by atoms with Gasteiger partial charge in [-0.3, -0.25) is 14.4 Å². The minimum Gasteiger partial charge on any atom is -0.378 e. The molecule has 1 aliphatic rings. The highest BCUT2D eigenvalue weighted by atomic mass is 32.1. The summed E-state index contributed by atoms with van der Waals surface area (Å²) in [6.07, 6.45) is 2.40. The Balaban J connectivity index is 2.08. The van der Waals surface area contributed by atoms with E-state index in [0.29, 0.717) is 13.0 Å². The molecule has 1 aliphatic heterocycles. The molecule has 4 unspecified atom stereocenters. The molecular weight excluding hydrogens is 366 g/mol. The molecule has 0 radical (unpaired) electrons. The van der Waals surface area contributed by atoms with Crippen molar-refractivity contribution in [3.8, 4) is 0 Å². The van der Waals surface area contributed by atoms with Gasteiger partial charge < -0.3 is 19.7 Å². The Labute approximate surface area is 165 Å². The molecule has 0 aromatic heterocycles. The van der Waals surface area contributed by atoms with Crippen LogP contribution in [-0.2, 0) is 25.5 Å². The largest absolute Gasteiger partial charge is 0.378 e. The third kappa shape index (κ3) is 5.46. The Hall–Kier alpha value is -2.06. The number of nitrogens with one attached hydrogen (secondary N) is 2. The van der Waals surface area contributed by atoms with Crippen LogP contribution in [0.25, 0.3) is 0 Å². The molecule has 1 saturated heterocycles. The third-order valence-electron chi connectivity index (χ3n) is 5.06. The van der Waals surface area contributed by atoms with Gasteiger partial charge in [-0.05, 0) is 18.4 Å². The van der Waals surface area contributed by atoms with Crippen molar-refractivity contribution >= 4 is 31.0 Å². The third-order valence-corrected chi connectivity index (χ3v) is 5.28. The first-order valence-corrected chi connectivity index (χ1v) is 9.48. The van der Waals surface area contributed by atoms with Gasteiger partial charge in [-0.25, -0.2) is 0 Å². The van der Waals surface area contributed by atoms with E-state index in [0.717, 1.165) is 24.8 Å². The number of ether oxygens (including phenoxy) is 1. The molecule has 1 fully saturated rings. The number of thiol groups is 1. The predicted molar refractivity (Wildman–Crippen MR) is 105 cm³/mol. The molecule has 2 N–H and O–H groups in total. The van der Waals surface area contributed by atoms with E-state index in [1.54, 1.807) is 11.8 Å². The number of likely N-dealkylation sites (tertiary alicyclic amines) is 1. The first kappa shape index (κ1) is 21.2. The van der Waals surface area contributed by atoms with E-state index in [9.17, 15) is 14.4 Å². The van der Waals surface area contributed by atoms with Crippen molar-refractivity contribution in [1.29, 1.82) is 0 Å². The quantitative estimate of drug-likeness (QED) is 0.431. The highest BCUT2D eigenvalue weighted by molar-refractivity contribution is 7.78. The van der Waals surface area contributed by atoms with E-state index in [2.05, 4.69) is 22.9 Å². The Morgan fingerprint density at radius 2 is 2.04 bits per heavy atom. The van der Waals surface area contributed by atoms with Crippen LogP contribution in [0.3, 0.4) is 0 Å². The van der Waals surface area contributed by atoms with Gasteiger partial charge in [-0.15, -0.1) is 0 Å². The lowest BCUT2D eigenvalue weighted by Crippen LogP contribution is -2.52. The average molecular weight is 394 g/mol. The number of amides is 3. The van der Waals surface area contributed by atoms with Crippen LogP contribution in [0.5, 0.6) is 0 Å². The highest BCUT2D eigenvalue weighted by Gasteiger charge is 2.38. The minimum atomic E-state index is -0.747. The first-order chi connectivity index (χ1) is 13.0. The fourth-order valence-electron chi connectivity index (χ4n) is 3.58. The molecule has 8 heteroatoms. The second-order valence-corrected chi connectivity index (χ2v) is 6.99. The molecule has 148 valence electrons. The molecule has 2 rings (SSSR count). The SMILES string of the molecule is COC(C(C)C(=O)NC(Cc1ccccc1)C(=O)NS)C1CCCN1C=O. The molecule has 0 bridgehead atoms. The first-order valence-electron chi connectivity index (χ1n) is 9.03. The lowest BCUT2D eigenvalue weighted by atomic mass is 9.94. The van der Waals surface area contributed by atoms with E-state index in [1.807, 2.05) is 30.3 Å². The van der Waals surface area contributed by atoms with E-state index in [4.69, 9.17) is 4.74 Å². The van der Waals surface area contributed by atoms with Crippen molar-refractivity contribution in [2.45, 2.75) is 44.4 Å². The molecule has 4 atom stereocenters. The Morgan fingerprint density at radius 1 is 1.33 bits per heavy atom. The number of hydrogen-bond donors (Lipinski definition) is 3. The van der Waals surface area contributed by atoms with Crippen molar-refractivity contribution in [2.75, 3.05) is 13.7 Å². The van der Waals surface area contributed by atoms with Gasteiger partial charge >= 0.3 is 0 Å². The number of nitrogens with zero attached hydrogens (tertiary/aromatic N) is 1. The maximum Gasteiger partial charge on any atom is 0.252 e. The fourth-order valence-corrected chi connectivity index (χ4v) is 3.74. The van der Waals surface area contributed by atoms with Gasteiger partial charge in [0, 0.05) is 20.1 Å². The Bertz CT molecular complexity index is 643. The number of carbonyl (C=O) groups is 3. The number of benzene rings is 1. The normalized spacial score (nSPS) is 19.8. The van der Waals surface area contributed by atoms with E-state index in [1.165, 1.54) is 7.11 Å². The van der Waals surface area contributed by atoms with Gasteiger partial charge in [0.25, 0.3) is 5.91 Å². The zero-order valence-electron chi connectivity index (χ0n) is 15.6. The smallest absolute Gasteiger partial charge is 0.252 e. The molecule has 0 saturated carbocycles. The number of hydrogen-bond acceptors (Lipinski definition) is 5. The number of rotatable bonds is 9. The van der Waals surface area contributed by atoms with Gasteiger partial charge in [0.2, 0.25) is 12.3 Å². The second kappa shape index (κ2) is 10.3. The molecule has 7 nitrogen and oxygen atoms in total. The molecule has 27 heavy (non-hydrogen) atoms. The maximum absolute atomic E-state index is 12.8. The van der Waals surface area contributed by atoms with Crippen LogP contribution in [0.4, 0.5) is 0 Å². The molecule has 1 heterocycles. The summed E-state index contributed by atoms with van der Waals surface area (Å²) in [5, 5.41) is 2.80. The lowest BCUT2D eigenvalue weighted by molar-refractivity contribution is -0.136. The second-order valence-electron chi connectivity index (χ2n) is 6.77. The van der Waals surface area contributed by atoms with Gasteiger partial charge in [-0.1, -0.05) is 50.1 Å². The molecule has 0 aliphatic carbocycles. The number of carbonyl (C=O) groups excluding carboxylic acids is 3. The van der Waals surface area contributed by atoms with Gasteiger partial charge in [-0.2, -0.15) is 0 Å². The van der Waals surface area contributed by atoms with Crippen LogP contribution in [0.2, 0.25) is 0 Å². The summed E-state index contributed by atoms with van der Waals surface area (Å²) in [7, 11) is 1.54. The Morgan fingerprint density at radius 3 is 2.63 bits per heavy atom. The molecule has 0 spiro atoms. The lowest BCUT2D eigenvalue weighted by Gasteiger charge is -2.32. The van der Waals surface area contributed by atoms with E-state index in [-0.39, 0.29) is 17.9 Å². The van der Waals surface area contributed by atoms with Crippen molar-refractivity contribution in [3.63, 3.8) is 0 Å². The van der Waals surface area contributed by atoms with Crippen molar-refractivity contribution < 1.29 is 19.1 Å². The van der Waals surface area contributed by atoms with Crippen LogP contribution in [0, 0.1) is 5.92 Å². The summed E-state index contributed by atoms with van der Waals surface area (Å²) in [5.74, 6) is -1.20. The van der Waals surface area contributed by atoms with Crippen molar-refractivity contribution in [2.24, 2.45) is 5.92 Å². The monoisotopic (exact) mass is 393 g/mol. The average Bonchev–Trinajstić information content (AvgIpc) is 3.16. The van der Waals surface area contributed by atoms with Crippen LogP contribution in [0.1, 0.15) is 25.3 Å². The van der Waals surface area contributed by atoms with Gasteiger partial charge in [0.15, 0.2) is 0 Å². The summed E-state index contributed by atoms with van der Waals surface area (Å²) < 4.78 is 7.86. The van der Waals surface area contributed by atoms with Crippen LogP contribution < -0.4 is 10.0 Å². The topological polar surface area (TPSA) is 87.7 Å². The molecule has 1 aromatic rings. The zero-order valence-corrected chi connectivity index (χ0v) is 16.5. The summed E-state index contributed by atoms with van der Waals surface area (Å²) in [6, 6.07) is 8.55. The summed E-state index contributed by atoms with van der Waals surface area (Å²) >= 11 is 3.83. The fraction of sp³-hybridized carbons (Fsp3) is 0.526. The predicted octanol–water partition coefficient (Wildman–Crippen LogP) is 0.947. The Kier molecular flexibility index (Phi) is 8.12. The van der Waals surface area contributed by atoms with Gasteiger partial charge in [0.1, 0.15) is 6.04 Å².